The van der Waals surface area contributed by atoms with E-state index in [4.69, 9.17) is 4.74 Å². The van der Waals surface area contributed by atoms with E-state index in [2.05, 4.69) is 60.1 Å². The van der Waals surface area contributed by atoms with Crippen molar-refractivity contribution in [2.75, 3.05) is 0 Å². The highest BCUT2D eigenvalue weighted by Crippen LogP contribution is 2.33. The molecule has 0 aliphatic carbocycles. The lowest BCUT2D eigenvalue weighted by Gasteiger charge is -2.26. The van der Waals surface area contributed by atoms with E-state index >= 15 is 0 Å². The van der Waals surface area contributed by atoms with Gasteiger partial charge in [0.25, 0.3) is 11.8 Å². The number of halogens is 1. The number of nitrogens with zero attached hydrogens (tertiary/aromatic N) is 4. The molecule has 4 aromatic rings. The number of ether oxygens (including phenoxy) is 1. The summed E-state index contributed by atoms with van der Waals surface area (Å²) in [6, 6.07) is 17.9. The Balaban J connectivity index is 1.57. The molecule has 0 aliphatic rings. The number of benzene rings is 2. The van der Waals surface area contributed by atoms with Crippen LogP contribution in [-0.4, -0.2) is 19.7 Å². The number of aryl methyl sites for hydroxylation is 1. The minimum absolute atomic E-state index is 0.143. The van der Waals surface area contributed by atoms with Gasteiger partial charge in [-0.15, -0.1) is 0 Å². The van der Waals surface area contributed by atoms with E-state index in [1.54, 1.807) is 18.5 Å². The summed E-state index contributed by atoms with van der Waals surface area (Å²) in [5.74, 6) is -0.0398. The Hall–Kier alpha value is -3.54. The maximum atomic E-state index is 14.1. The van der Waals surface area contributed by atoms with Crippen molar-refractivity contribution in [3.05, 3.63) is 95.7 Å². The molecule has 6 heteroatoms. The largest absolute Gasteiger partial charge is 0.436 e. The fraction of sp³-hybridized carbons (Fsp3) is 0.174. The van der Waals surface area contributed by atoms with Gasteiger partial charge in [0, 0.05) is 17.8 Å². The van der Waals surface area contributed by atoms with E-state index in [0.717, 1.165) is 11.8 Å². The van der Waals surface area contributed by atoms with Crippen LogP contribution < -0.4 is 4.74 Å². The predicted octanol–water partition coefficient (Wildman–Crippen LogP) is 5.23. The molecule has 146 valence electrons. The molecule has 0 bridgehead atoms. The molecule has 0 spiro atoms. The van der Waals surface area contributed by atoms with Crippen molar-refractivity contribution in [3.8, 4) is 17.6 Å². The van der Waals surface area contributed by atoms with Gasteiger partial charge in [-0.05, 0) is 36.2 Å². The first-order chi connectivity index (χ1) is 13.9. The first kappa shape index (κ1) is 18.8. The summed E-state index contributed by atoms with van der Waals surface area (Å²) in [5.41, 5.74) is 3.42. The monoisotopic (exact) mass is 388 g/mol. The Kier molecular flexibility index (Phi) is 4.84. The quantitative estimate of drug-likeness (QED) is 0.470. The van der Waals surface area contributed by atoms with Crippen molar-refractivity contribution >= 4 is 0 Å². The zero-order valence-corrected chi connectivity index (χ0v) is 16.5. The normalized spacial score (nSPS) is 11.4. The summed E-state index contributed by atoms with van der Waals surface area (Å²) in [4.78, 5) is 8.07. The van der Waals surface area contributed by atoms with Crippen molar-refractivity contribution in [1.29, 1.82) is 0 Å². The van der Waals surface area contributed by atoms with Crippen LogP contribution in [0.5, 0.6) is 11.6 Å². The lowest BCUT2D eigenvalue weighted by atomic mass is 9.78. The molecule has 29 heavy (non-hydrogen) atoms. The Bertz CT molecular complexity index is 1100. The van der Waals surface area contributed by atoms with Gasteiger partial charge in [-0.25, -0.2) is 9.67 Å². The molecule has 0 amide bonds. The van der Waals surface area contributed by atoms with Crippen LogP contribution in [0.3, 0.4) is 0 Å². The zero-order valence-electron chi connectivity index (χ0n) is 16.5. The highest BCUT2D eigenvalue weighted by molar-refractivity contribution is 5.41. The molecule has 0 radical (unpaired) electrons. The van der Waals surface area contributed by atoms with Gasteiger partial charge < -0.3 is 4.74 Å². The molecule has 4 rings (SSSR count). The van der Waals surface area contributed by atoms with Gasteiger partial charge in [-0.2, -0.15) is 14.5 Å². The smallest absolute Gasteiger partial charge is 0.260 e. The fourth-order valence-electron chi connectivity index (χ4n) is 3.10. The maximum absolute atomic E-state index is 14.1. The topological polar surface area (TPSA) is 52.8 Å². The van der Waals surface area contributed by atoms with Crippen LogP contribution in [0.1, 0.15) is 30.5 Å². The van der Waals surface area contributed by atoms with Crippen LogP contribution in [0.15, 0.2) is 73.2 Å². The van der Waals surface area contributed by atoms with Gasteiger partial charge in [0.1, 0.15) is 5.75 Å². The third-order valence-corrected chi connectivity index (χ3v) is 4.97. The van der Waals surface area contributed by atoms with Gasteiger partial charge in [0.2, 0.25) is 5.82 Å². The Morgan fingerprint density at radius 1 is 0.966 bits per heavy atom. The molecule has 0 fully saturated rings. The first-order valence-corrected chi connectivity index (χ1v) is 9.31. The van der Waals surface area contributed by atoms with Crippen molar-refractivity contribution in [3.63, 3.8) is 0 Å². The summed E-state index contributed by atoms with van der Waals surface area (Å²) in [6.45, 7) is 6.43. The molecule has 2 heterocycles. The average Bonchev–Trinajstić information content (AvgIpc) is 3.25. The van der Waals surface area contributed by atoms with E-state index in [-0.39, 0.29) is 17.2 Å². The second kappa shape index (κ2) is 7.47. The molecular formula is C23H21FN4O. The second-order valence-electron chi connectivity index (χ2n) is 7.39. The molecular weight excluding hydrogens is 367 g/mol. The lowest BCUT2D eigenvalue weighted by Crippen LogP contribution is -2.18. The lowest BCUT2D eigenvalue weighted by molar-refractivity contribution is 0.417. The van der Waals surface area contributed by atoms with E-state index < -0.39 is 5.82 Å². The van der Waals surface area contributed by atoms with Crippen LogP contribution in [0.2, 0.25) is 0 Å². The summed E-state index contributed by atoms with van der Waals surface area (Å²) >= 11 is 0. The number of aromatic nitrogens is 4. The van der Waals surface area contributed by atoms with Crippen LogP contribution in [-0.2, 0) is 5.41 Å². The van der Waals surface area contributed by atoms with Crippen molar-refractivity contribution < 1.29 is 9.13 Å². The molecule has 5 nitrogen and oxygen atoms in total. The minimum Gasteiger partial charge on any atom is -0.436 e. The zero-order chi connectivity index (χ0) is 20.4. The third kappa shape index (κ3) is 3.87. The molecule has 2 aromatic carbocycles. The standard InChI is InChI=1S/C23H21FN4O/c1-16-5-7-17(8-6-16)23(2,3)18-9-11-19(12-10-18)29-21-20(24)15-25-22(27-21)28-14-4-13-26-28/h4-15H,1-3H3. The van der Waals surface area contributed by atoms with Crippen molar-refractivity contribution in [1.82, 2.24) is 19.7 Å². The summed E-state index contributed by atoms with van der Waals surface area (Å²) < 4.78 is 21.3. The van der Waals surface area contributed by atoms with Crippen LogP contribution in [0.25, 0.3) is 5.95 Å². The molecule has 0 N–H and O–H groups in total. The molecule has 0 unspecified atom stereocenters. The first-order valence-electron chi connectivity index (χ1n) is 9.31. The Morgan fingerprint density at radius 3 is 2.24 bits per heavy atom. The van der Waals surface area contributed by atoms with Gasteiger partial charge in [0.05, 0.1) is 6.20 Å². The highest BCUT2D eigenvalue weighted by atomic mass is 19.1. The molecule has 0 saturated heterocycles. The van der Waals surface area contributed by atoms with Crippen molar-refractivity contribution in [2.45, 2.75) is 26.2 Å². The highest BCUT2D eigenvalue weighted by Gasteiger charge is 2.23. The van der Waals surface area contributed by atoms with E-state index in [9.17, 15) is 4.39 Å². The Labute approximate surface area is 168 Å². The maximum Gasteiger partial charge on any atom is 0.260 e. The second-order valence-corrected chi connectivity index (χ2v) is 7.39. The number of rotatable bonds is 5. The Morgan fingerprint density at radius 2 is 1.62 bits per heavy atom. The predicted molar refractivity (Wildman–Crippen MR) is 109 cm³/mol. The van der Waals surface area contributed by atoms with E-state index in [0.29, 0.717) is 5.75 Å². The van der Waals surface area contributed by atoms with E-state index in [1.165, 1.54) is 15.8 Å². The molecule has 0 atom stereocenters. The molecule has 0 aliphatic heterocycles. The average molecular weight is 388 g/mol. The molecule has 0 saturated carbocycles. The van der Waals surface area contributed by atoms with Gasteiger partial charge >= 0.3 is 0 Å². The summed E-state index contributed by atoms with van der Waals surface area (Å²) in [7, 11) is 0. The van der Waals surface area contributed by atoms with E-state index in [1.807, 2.05) is 24.3 Å². The third-order valence-electron chi connectivity index (χ3n) is 4.97. The van der Waals surface area contributed by atoms with Crippen LogP contribution in [0, 0.1) is 12.7 Å². The fourth-order valence-corrected chi connectivity index (χ4v) is 3.10. The van der Waals surface area contributed by atoms with Gasteiger partial charge in [-0.3, -0.25) is 0 Å². The summed E-state index contributed by atoms with van der Waals surface area (Å²) in [6.07, 6.45) is 4.36. The van der Waals surface area contributed by atoms with Gasteiger partial charge in [0.15, 0.2) is 0 Å². The SMILES string of the molecule is Cc1ccc(C(C)(C)c2ccc(Oc3nc(-n4cccn4)ncc3F)cc2)cc1. The van der Waals surface area contributed by atoms with Crippen molar-refractivity contribution in [2.24, 2.45) is 0 Å². The van der Waals surface area contributed by atoms with Crippen LogP contribution in [0.4, 0.5) is 4.39 Å². The summed E-state index contributed by atoms with van der Waals surface area (Å²) in [5, 5.41) is 4.05. The number of hydrogen-bond donors (Lipinski definition) is 0. The van der Waals surface area contributed by atoms with Crippen LogP contribution >= 0.6 is 0 Å². The molecule has 2 aromatic heterocycles. The minimum atomic E-state index is -0.634. The van der Waals surface area contributed by atoms with Gasteiger partial charge in [-0.1, -0.05) is 55.8 Å². The number of hydrogen-bond acceptors (Lipinski definition) is 4.